The molecule has 1 aromatic carbocycles. The zero-order valence-electron chi connectivity index (χ0n) is 15.3. The Labute approximate surface area is 160 Å². The highest BCUT2D eigenvalue weighted by Gasteiger charge is 2.52. The molecule has 3 aliphatic rings. The number of imide groups is 1. The lowest BCUT2D eigenvalue weighted by Crippen LogP contribution is -2.52. The van der Waals surface area contributed by atoms with Crippen molar-refractivity contribution in [3.63, 3.8) is 0 Å². The summed E-state index contributed by atoms with van der Waals surface area (Å²) in [6, 6.07) is 8.42. The van der Waals surface area contributed by atoms with E-state index in [1.165, 1.54) is 9.21 Å². The van der Waals surface area contributed by atoms with Crippen LogP contribution in [0.4, 0.5) is 0 Å². The molecule has 2 heterocycles. The molecule has 0 N–H and O–H groups in total. The second-order valence-corrected chi connectivity index (χ2v) is 9.71. The molecule has 1 aliphatic carbocycles. The molecule has 0 unspecified atom stereocenters. The Bertz CT molecular complexity index is 826. The predicted molar refractivity (Wildman–Crippen MR) is 99.0 cm³/mol. The van der Waals surface area contributed by atoms with Crippen LogP contribution in [0.2, 0.25) is 0 Å². The number of piperazine rings is 1. The second kappa shape index (κ2) is 7.00. The van der Waals surface area contributed by atoms with Crippen LogP contribution in [0.15, 0.2) is 35.2 Å². The van der Waals surface area contributed by atoms with Crippen molar-refractivity contribution >= 4 is 21.8 Å². The number of carbonyl (C=O) groups is 2. The van der Waals surface area contributed by atoms with Crippen LogP contribution in [0, 0.1) is 5.41 Å². The summed E-state index contributed by atoms with van der Waals surface area (Å²) in [6.07, 6.45) is 4.01. The van der Waals surface area contributed by atoms with Crippen LogP contribution in [-0.2, 0) is 19.6 Å². The van der Waals surface area contributed by atoms with Gasteiger partial charge in [0.1, 0.15) is 0 Å². The molecule has 1 spiro atoms. The Hall–Kier alpha value is -1.77. The summed E-state index contributed by atoms with van der Waals surface area (Å²) in [7, 11) is -3.49. The number of sulfonamides is 1. The summed E-state index contributed by atoms with van der Waals surface area (Å²) in [5.74, 6) is -0.106. The summed E-state index contributed by atoms with van der Waals surface area (Å²) in [5.41, 5.74) is -0.449. The number of carbonyl (C=O) groups excluding carboxylic acids is 2. The number of likely N-dealkylation sites (tertiary alicyclic amines) is 1. The van der Waals surface area contributed by atoms with E-state index in [1.54, 1.807) is 30.3 Å². The van der Waals surface area contributed by atoms with Gasteiger partial charge in [-0.25, -0.2) is 8.42 Å². The molecular weight excluding hydrogens is 366 g/mol. The summed E-state index contributed by atoms with van der Waals surface area (Å²) < 4.78 is 26.9. The number of hydrogen-bond acceptors (Lipinski definition) is 5. The zero-order valence-corrected chi connectivity index (χ0v) is 16.2. The minimum atomic E-state index is -3.49. The van der Waals surface area contributed by atoms with E-state index in [0.29, 0.717) is 37.5 Å². The van der Waals surface area contributed by atoms with Gasteiger partial charge in [0.25, 0.3) is 0 Å². The van der Waals surface area contributed by atoms with Gasteiger partial charge in [0.2, 0.25) is 21.8 Å². The molecule has 2 aliphatic heterocycles. The Balaban J connectivity index is 1.38. The van der Waals surface area contributed by atoms with Crippen LogP contribution in [0.1, 0.15) is 32.1 Å². The number of amides is 2. The monoisotopic (exact) mass is 391 g/mol. The van der Waals surface area contributed by atoms with Crippen molar-refractivity contribution in [2.45, 2.75) is 37.0 Å². The first-order chi connectivity index (χ1) is 12.9. The zero-order chi connectivity index (χ0) is 19.1. The fourth-order valence-electron chi connectivity index (χ4n) is 4.50. The molecule has 146 valence electrons. The summed E-state index contributed by atoms with van der Waals surface area (Å²) in [4.78, 5) is 28.9. The van der Waals surface area contributed by atoms with E-state index in [1.807, 2.05) is 4.90 Å². The maximum Gasteiger partial charge on any atom is 0.243 e. The highest BCUT2D eigenvalue weighted by molar-refractivity contribution is 7.89. The third kappa shape index (κ3) is 3.30. The molecule has 0 atom stereocenters. The lowest BCUT2D eigenvalue weighted by Gasteiger charge is -2.35. The molecule has 4 rings (SSSR count). The first kappa shape index (κ1) is 18.6. The molecular formula is C19H25N3O4S. The molecule has 7 nitrogen and oxygen atoms in total. The van der Waals surface area contributed by atoms with E-state index in [-0.39, 0.29) is 18.5 Å². The molecule has 2 saturated heterocycles. The van der Waals surface area contributed by atoms with Gasteiger partial charge in [0.05, 0.1) is 17.0 Å². The van der Waals surface area contributed by atoms with E-state index in [9.17, 15) is 18.0 Å². The minimum Gasteiger partial charge on any atom is -0.283 e. The lowest BCUT2D eigenvalue weighted by atomic mass is 9.85. The van der Waals surface area contributed by atoms with E-state index >= 15 is 0 Å². The number of nitrogens with zero attached hydrogens (tertiary/aromatic N) is 3. The van der Waals surface area contributed by atoms with Crippen molar-refractivity contribution in [3.05, 3.63) is 30.3 Å². The third-order valence-electron chi connectivity index (χ3n) is 6.10. The van der Waals surface area contributed by atoms with Gasteiger partial charge in [-0.1, -0.05) is 31.0 Å². The van der Waals surface area contributed by atoms with E-state index in [4.69, 9.17) is 0 Å². The third-order valence-corrected chi connectivity index (χ3v) is 8.02. The standard InChI is InChI=1S/C19H25N3O4S/c23-17-14-19(8-4-5-9-19)18(24)22(17)15-20-10-12-21(13-11-20)27(25,26)16-6-2-1-3-7-16/h1-3,6-7H,4-5,8-15H2. The SMILES string of the molecule is O=C1CC2(CCCC2)C(=O)N1CN1CCN(S(=O)(=O)c2ccccc2)CC1. The van der Waals surface area contributed by atoms with Crippen LogP contribution in [0.25, 0.3) is 0 Å². The molecule has 1 saturated carbocycles. The van der Waals surface area contributed by atoms with Crippen molar-refractivity contribution in [1.29, 1.82) is 0 Å². The van der Waals surface area contributed by atoms with Crippen molar-refractivity contribution in [3.8, 4) is 0 Å². The molecule has 0 bridgehead atoms. The van der Waals surface area contributed by atoms with Crippen LogP contribution in [0.5, 0.6) is 0 Å². The van der Waals surface area contributed by atoms with Crippen molar-refractivity contribution in [2.75, 3.05) is 32.8 Å². The van der Waals surface area contributed by atoms with Gasteiger partial charge in [-0.2, -0.15) is 4.31 Å². The molecule has 27 heavy (non-hydrogen) atoms. The first-order valence-electron chi connectivity index (χ1n) is 9.55. The Kier molecular flexibility index (Phi) is 4.82. The number of rotatable bonds is 4. The topological polar surface area (TPSA) is 78.0 Å². The van der Waals surface area contributed by atoms with Crippen LogP contribution in [-0.4, -0.2) is 67.2 Å². The lowest BCUT2D eigenvalue weighted by molar-refractivity contribution is -0.144. The quantitative estimate of drug-likeness (QED) is 0.723. The van der Waals surface area contributed by atoms with Crippen molar-refractivity contribution in [1.82, 2.24) is 14.1 Å². The molecule has 2 amide bonds. The van der Waals surface area contributed by atoms with Crippen LogP contribution in [0.3, 0.4) is 0 Å². The van der Waals surface area contributed by atoms with Crippen LogP contribution < -0.4 is 0 Å². The highest BCUT2D eigenvalue weighted by Crippen LogP contribution is 2.46. The van der Waals surface area contributed by atoms with Gasteiger partial charge in [-0.15, -0.1) is 0 Å². The van der Waals surface area contributed by atoms with Gasteiger partial charge in [0, 0.05) is 32.6 Å². The number of hydrogen-bond donors (Lipinski definition) is 0. The van der Waals surface area contributed by atoms with Crippen molar-refractivity contribution < 1.29 is 18.0 Å². The smallest absolute Gasteiger partial charge is 0.243 e. The normalized spacial score (nSPS) is 24.2. The van der Waals surface area contributed by atoms with Crippen molar-refractivity contribution in [2.24, 2.45) is 5.41 Å². The molecule has 8 heteroatoms. The average Bonchev–Trinajstić information content (AvgIpc) is 3.24. The fraction of sp³-hybridized carbons (Fsp3) is 0.579. The summed E-state index contributed by atoms with van der Waals surface area (Å²) >= 11 is 0. The molecule has 1 aromatic rings. The second-order valence-electron chi connectivity index (χ2n) is 7.77. The minimum absolute atomic E-state index is 0.0238. The fourth-order valence-corrected chi connectivity index (χ4v) is 5.94. The maximum absolute atomic E-state index is 12.8. The average molecular weight is 391 g/mol. The van der Waals surface area contributed by atoms with Gasteiger partial charge in [-0.05, 0) is 25.0 Å². The van der Waals surface area contributed by atoms with E-state index < -0.39 is 15.4 Å². The summed E-state index contributed by atoms with van der Waals surface area (Å²) in [6.45, 7) is 2.02. The van der Waals surface area contributed by atoms with Gasteiger partial charge in [-0.3, -0.25) is 19.4 Å². The molecule has 3 fully saturated rings. The maximum atomic E-state index is 12.8. The molecule has 0 radical (unpaired) electrons. The van der Waals surface area contributed by atoms with Gasteiger partial charge in [0.15, 0.2) is 0 Å². The Morgan fingerprint density at radius 3 is 2.19 bits per heavy atom. The Morgan fingerprint density at radius 2 is 1.56 bits per heavy atom. The first-order valence-corrected chi connectivity index (χ1v) is 11.0. The summed E-state index contributed by atoms with van der Waals surface area (Å²) in [5, 5.41) is 0. The number of benzene rings is 1. The predicted octanol–water partition coefficient (Wildman–Crippen LogP) is 1.27. The van der Waals surface area contributed by atoms with Gasteiger partial charge < -0.3 is 0 Å². The van der Waals surface area contributed by atoms with E-state index in [0.717, 1.165) is 25.7 Å². The largest absolute Gasteiger partial charge is 0.283 e. The van der Waals surface area contributed by atoms with Crippen LogP contribution >= 0.6 is 0 Å². The Morgan fingerprint density at radius 1 is 0.926 bits per heavy atom. The molecule has 0 aromatic heterocycles. The van der Waals surface area contributed by atoms with Gasteiger partial charge >= 0.3 is 0 Å². The van der Waals surface area contributed by atoms with E-state index in [2.05, 4.69) is 0 Å². The highest BCUT2D eigenvalue weighted by atomic mass is 32.2.